The second-order valence-electron chi connectivity index (χ2n) is 3.87. The third-order valence-corrected chi connectivity index (χ3v) is 2.72. The van der Waals surface area contributed by atoms with E-state index in [1.54, 1.807) is 19.4 Å². The van der Waals surface area contributed by atoms with E-state index in [2.05, 4.69) is 15.3 Å². The second-order valence-corrected chi connectivity index (χ2v) is 4.27. The number of aromatic nitrogens is 2. The third kappa shape index (κ3) is 3.11. The van der Waals surface area contributed by atoms with E-state index in [-0.39, 0.29) is 0 Å². The van der Waals surface area contributed by atoms with Gasteiger partial charge in [-0.15, -0.1) is 0 Å². The Balaban J connectivity index is 2.02. The van der Waals surface area contributed by atoms with Crippen molar-refractivity contribution in [2.75, 3.05) is 12.4 Å². The number of ether oxygens (including phenoxy) is 1. The highest BCUT2D eigenvalue weighted by atomic mass is 35.5. The van der Waals surface area contributed by atoms with Crippen LogP contribution in [0.15, 0.2) is 30.6 Å². The van der Waals surface area contributed by atoms with E-state index >= 15 is 0 Å². The summed E-state index contributed by atoms with van der Waals surface area (Å²) < 4.78 is 5.60. The van der Waals surface area contributed by atoms with Crippen molar-refractivity contribution in [3.8, 4) is 5.75 Å². The van der Waals surface area contributed by atoms with Crippen molar-refractivity contribution >= 4 is 17.4 Å². The lowest BCUT2D eigenvalue weighted by Gasteiger charge is -2.08. The fourth-order valence-electron chi connectivity index (χ4n) is 1.43. The van der Waals surface area contributed by atoms with E-state index in [1.165, 1.54) is 0 Å². The van der Waals surface area contributed by atoms with Gasteiger partial charge in [-0.05, 0) is 24.6 Å². The smallest absolute Gasteiger partial charge is 0.144 e. The summed E-state index contributed by atoms with van der Waals surface area (Å²) >= 11 is 6.07. The van der Waals surface area contributed by atoms with E-state index in [9.17, 15) is 0 Å². The first-order chi connectivity index (χ1) is 8.69. The van der Waals surface area contributed by atoms with Gasteiger partial charge in [0.15, 0.2) is 0 Å². The number of halogens is 1. The third-order valence-electron chi connectivity index (χ3n) is 2.42. The Hall–Kier alpha value is -1.81. The molecule has 1 aromatic carbocycles. The van der Waals surface area contributed by atoms with Crippen LogP contribution in [0, 0.1) is 6.92 Å². The molecule has 0 atom stereocenters. The molecule has 0 fully saturated rings. The minimum absolute atomic E-state index is 0.347. The van der Waals surface area contributed by atoms with Gasteiger partial charge in [0.05, 0.1) is 23.1 Å². The van der Waals surface area contributed by atoms with Gasteiger partial charge in [-0.3, -0.25) is 4.98 Å². The number of hydrogen-bond acceptors (Lipinski definition) is 4. The van der Waals surface area contributed by atoms with Gasteiger partial charge in [0.2, 0.25) is 0 Å². The quantitative estimate of drug-likeness (QED) is 0.921. The second kappa shape index (κ2) is 5.69. The SMILES string of the molecule is CNc1cnc(COc2ccc(C)cc2Cl)cn1. The zero-order valence-corrected chi connectivity index (χ0v) is 11.0. The molecule has 1 heterocycles. The summed E-state index contributed by atoms with van der Waals surface area (Å²) in [5, 5.41) is 3.51. The first-order valence-corrected chi connectivity index (χ1v) is 5.94. The van der Waals surface area contributed by atoms with Crippen molar-refractivity contribution in [3.63, 3.8) is 0 Å². The highest BCUT2D eigenvalue weighted by molar-refractivity contribution is 6.32. The normalized spacial score (nSPS) is 10.2. The van der Waals surface area contributed by atoms with Crippen LogP contribution in [-0.4, -0.2) is 17.0 Å². The summed E-state index contributed by atoms with van der Waals surface area (Å²) in [5.74, 6) is 1.38. The van der Waals surface area contributed by atoms with Gasteiger partial charge in [0, 0.05) is 7.05 Å². The fraction of sp³-hybridized carbons (Fsp3) is 0.231. The van der Waals surface area contributed by atoms with E-state index in [1.807, 2.05) is 25.1 Å². The summed E-state index contributed by atoms with van der Waals surface area (Å²) in [6, 6.07) is 5.68. The van der Waals surface area contributed by atoms with Gasteiger partial charge in [0.1, 0.15) is 18.2 Å². The summed E-state index contributed by atoms with van der Waals surface area (Å²) in [4.78, 5) is 8.38. The summed E-state index contributed by atoms with van der Waals surface area (Å²) in [5.41, 5.74) is 1.86. The molecule has 0 saturated heterocycles. The van der Waals surface area contributed by atoms with Crippen molar-refractivity contribution in [2.45, 2.75) is 13.5 Å². The Morgan fingerprint density at radius 3 is 2.72 bits per heavy atom. The van der Waals surface area contributed by atoms with Crippen LogP contribution >= 0.6 is 11.6 Å². The average Bonchev–Trinajstić information content (AvgIpc) is 2.38. The lowest BCUT2D eigenvalue weighted by molar-refractivity contribution is 0.301. The lowest BCUT2D eigenvalue weighted by atomic mass is 10.2. The number of aryl methyl sites for hydroxylation is 1. The van der Waals surface area contributed by atoms with Crippen LogP contribution in [0.1, 0.15) is 11.3 Å². The van der Waals surface area contributed by atoms with Crippen LogP contribution in [0.3, 0.4) is 0 Å². The van der Waals surface area contributed by atoms with Crippen LogP contribution in [-0.2, 0) is 6.61 Å². The van der Waals surface area contributed by atoms with Gasteiger partial charge in [0.25, 0.3) is 0 Å². The predicted octanol–water partition coefficient (Wildman–Crippen LogP) is 3.06. The molecule has 94 valence electrons. The Morgan fingerprint density at radius 2 is 2.11 bits per heavy atom. The van der Waals surface area contributed by atoms with Gasteiger partial charge < -0.3 is 10.1 Å². The molecule has 2 rings (SSSR count). The summed E-state index contributed by atoms with van der Waals surface area (Å²) in [6.07, 6.45) is 3.34. The molecule has 0 unspecified atom stereocenters. The van der Waals surface area contributed by atoms with Gasteiger partial charge in [-0.1, -0.05) is 17.7 Å². The molecular weight excluding hydrogens is 250 g/mol. The Kier molecular flexibility index (Phi) is 3.99. The molecule has 0 bridgehead atoms. The Bertz CT molecular complexity index is 528. The largest absolute Gasteiger partial charge is 0.486 e. The van der Waals surface area contributed by atoms with Crippen LogP contribution in [0.2, 0.25) is 5.02 Å². The molecule has 0 saturated carbocycles. The number of nitrogens with zero attached hydrogens (tertiary/aromatic N) is 2. The van der Waals surface area contributed by atoms with E-state index in [0.717, 1.165) is 17.1 Å². The predicted molar refractivity (Wildman–Crippen MR) is 72.1 cm³/mol. The first kappa shape index (κ1) is 12.6. The molecule has 0 aliphatic carbocycles. The maximum Gasteiger partial charge on any atom is 0.144 e. The standard InChI is InChI=1S/C13H14ClN3O/c1-9-3-4-12(11(14)5-9)18-8-10-6-17-13(15-2)7-16-10/h3-7H,8H2,1-2H3,(H,15,17). The van der Waals surface area contributed by atoms with E-state index in [0.29, 0.717) is 17.4 Å². The Labute approximate surface area is 111 Å². The van der Waals surface area contributed by atoms with Crippen LogP contribution in [0.5, 0.6) is 5.75 Å². The summed E-state index contributed by atoms with van der Waals surface area (Å²) in [6.45, 7) is 2.33. The Morgan fingerprint density at radius 1 is 1.28 bits per heavy atom. The molecule has 0 aliphatic rings. The van der Waals surface area contributed by atoms with Crippen molar-refractivity contribution in [3.05, 3.63) is 46.9 Å². The minimum atomic E-state index is 0.347. The molecule has 1 aromatic heterocycles. The molecule has 0 radical (unpaired) electrons. The van der Waals surface area contributed by atoms with E-state index < -0.39 is 0 Å². The highest BCUT2D eigenvalue weighted by Gasteiger charge is 2.03. The van der Waals surface area contributed by atoms with Crippen LogP contribution < -0.4 is 10.1 Å². The average molecular weight is 264 g/mol. The van der Waals surface area contributed by atoms with Crippen LogP contribution in [0.25, 0.3) is 0 Å². The van der Waals surface area contributed by atoms with E-state index in [4.69, 9.17) is 16.3 Å². The maximum atomic E-state index is 6.07. The molecule has 0 amide bonds. The number of anilines is 1. The first-order valence-electron chi connectivity index (χ1n) is 5.56. The lowest BCUT2D eigenvalue weighted by Crippen LogP contribution is -2.01. The molecule has 5 heteroatoms. The highest BCUT2D eigenvalue weighted by Crippen LogP contribution is 2.25. The van der Waals surface area contributed by atoms with Crippen molar-refractivity contribution in [2.24, 2.45) is 0 Å². The molecule has 1 N–H and O–H groups in total. The topological polar surface area (TPSA) is 47.0 Å². The van der Waals surface area contributed by atoms with Crippen LogP contribution in [0.4, 0.5) is 5.82 Å². The molecule has 0 spiro atoms. The molecule has 0 aliphatic heterocycles. The monoisotopic (exact) mass is 263 g/mol. The van der Waals surface area contributed by atoms with Gasteiger partial charge >= 0.3 is 0 Å². The maximum absolute atomic E-state index is 6.07. The van der Waals surface area contributed by atoms with Gasteiger partial charge in [-0.25, -0.2) is 4.98 Å². The number of nitrogens with one attached hydrogen (secondary N) is 1. The number of benzene rings is 1. The van der Waals surface area contributed by atoms with Crippen molar-refractivity contribution < 1.29 is 4.74 Å². The molecular formula is C13H14ClN3O. The van der Waals surface area contributed by atoms with Crippen molar-refractivity contribution in [1.82, 2.24) is 9.97 Å². The summed E-state index contributed by atoms with van der Waals surface area (Å²) in [7, 11) is 1.80. The van der Waals surface area contributed by atoms with Crippen molar-refractivity contribution in [1.29, 1.82) is 0 Å². The molecule has 4 nitrogen and oxygen atoms in total. The zero-order valence-electron chi connectivity index (χ0n) is 10.3. The fourth-order valence-corrected chi connectivity index (χ4v) is 1.72. The number of hydrogen-bond donors (Lipinski definition) is 1. The minimum Gasteiger partial charge on any atom is -0.486 e. The zero-order chi connectivity index (χ0) is 13.0. The van der Waals surface area contributed by atoms with Gasteiger partial charge in [-0.2, -0.15) is 0 Å². The molecule has 18 heavy (non-hydrogen) atoms. The molecule has 2 aromatic rings. The number of rotatable bonds is 4.